The third kappa shape index (κ3) is 2.51. The highest BCUT2D eigenvalue weighted by atomic mass is 35.5. The minimum absolute atomic E-state index is 0.0168. The molecule has 8 heteroatoms. The molecule has 3 heterocycles. The van der Waals surface area contributed by atoms with Crippen molar-refractivity contribution >= 4 is 29.1 Å². The Morgan fingerprint density at radius 1 is 1.35 bits per heavy atom. The van der Waals surface area contributed by atoms with Crippen LogP contribution in [0.3, 0.4) is 0 Å². The van der Waals surface area contributed by atoms with E-state index in [-0.39, 0.29) is 18.1 Å². The zero-order valence-electron chi connectivity index (χ0n) is 12.2. The smallest absolute Gasteiger partial charge is 0.255 e. The molecule has 0 bridgehead atoms. The first-order chi connectivity index (χ1) is 11.1. The van der Waals surface area contributed by atoms with Gasteiger partial charge in [-0.1, -0.05) is 34.5 Å². The van der Waals surface area contributed by atoms with Gasteiger partial charge in [-0.2, -0.15) is 0 Å². The van der Waals surface area contributed by atoms with Gasteiger partial charge in [0.2, 0.25) is 0 Å². The van der Waals surface area contributed by atoms with Gasteiger partial charge in [-0.15, -0.1) is 5.10 Å². The van der Waals surface area contributed by atoms with Gasteiger partial charge in [0.05, 0.1) is 46.3 Å². The lowest BCUT2D eigenvalue weighted by atomic mass is 9.99. The Bertz CT molecular complexity index is 764. The van der Waals surface area contributed by atoms with E-state index in [1.54, 1.807) is 29.3 Å². The van der Waals surface area contributed by atoms with E-state index >= 15 is 0 Å². The van der Waals surface area contributed by atoms with E-state index in [4.69, 9.17) is 27.9 Å². The quantitative estimate of drug-likeness (QED) is 0.791. The second-order valence-electron chi connectivity index (χ2n) is 5.73. The number of benzene rings is 1. The number of piperidine rings is 1. The predicted molar refractivity (Wildman–Crippen MR) is 84.6 cm³/mol. The molecule has 6 nitrogen and oxygen atoms in total. The van der Waals surface area contributed by atoms with Crippen LogP contribution >= 0.6 is 23.2 Å². The maximum Gasteiger partial charge on any atom is 0.255 e. The van der Waals surface area contributed by atoms with Crippen LogP contribution in [0.15, 0.2) is 24.4 Å². The van der Waals surface area contributed by atoms with Crippen molar-refractivity contribution in [3.05, 3.63) is 45.7 Å². The number of nitrogens with zero attached hydrogens (tertiary/aromatic N) is 4. The first kappa shape index (κ1) is 14.9. The van der Waals surface area contributed by atoms with E-state index in [2.05, 4.69) is 10.3 Å². The summed E-state index contributed by atoms with van der Waals surface area (Å²) in [5, 5.41) is 8.76. The van der Waals surface area contributed by atoms with E-state index in [1.807, 2.05) is 4.68 Å². The Hall–Kier alpha value is -1.63. The molecule has 0 radical (unpaired) electrons. The monoisotopic (exact) mass is 352 g/mol. The fourth-order valence-corrected chi connectivity index (χ4v) is 3.58. The van der Waals surface area contributed by atoms with Crippen LogP contribution in [0.4, 0.5) is 0 Å². The highest BCUT2D eigenvalue weighted by Crippen LogP contribution is 2.32. The van der Waals surface area contributed by atoms with Gasteiger partial charge >= 0.3 is 0 Å². The number of amides is 1. The van der Waals surface area contributed by atoms with Crippen LogP contribution in [0, 0.1) is 0 Å². The SMILES string of the molecule is O=C(c1cccc(Cl)c1Cl)N1CC[C@H]2OCc3cnnn3[C@@H]2C1. The summed E-state index contributed by atoms with van der Waals surface area (Å²) in [6, 6.07) is 5.08. The molecule has 1 aromatic carbocycles. The number of ether oxygens (including phenoxy) is 1. The molecule has 2 aliphatic heterocycles. The molecule has 1 aromatic heterocycles. The second kappa shape index (κ2) is 5.78. The summed E-state index contributed by atoms with van der Waals surface area (Å²) in [5.74, 6) is -0.122. The molecule has 23 heavy (non-hydrogen) atoms. The zero-order valence-corrected chi connectivity index (χ0v) is 13.7. The maximum atomic E-state index is 12.8. The molecule has 0 N–H and O–H groups in total. The normalized spacial score (nSPS) is 23.3. The van der Waals surface area contributed by atoms with Gasteiger partial charge in [0, 0.05) is 13.1 Å². The van der Waals surface area contributed by atoms with E-state index < -0.39 is 0 Å². The van der Waals surface area contributed by atoms with Crippen molar-refractivity contribution in [2.45, 2.75) is 25.2 Å². The topological polar surface area (TPSA) is 60.3 Å². The Kier molecular flexibility index (Phi) is 3.75. The Morgan fingerprint density at radius 2 is 2.22 bits per heavy atom. The summed E-state index contributed by atoms with van der Waals surface area (Å²) in [5.41, 5.74) is 1.36. The van der Waals surface area contributed by atoms with Crippen LogP contribution in [0.25, 0.3) is 0 Å². The standard InChI is InChI=1S/C15H14Cl2N4O2/c16-11-3-1-2-10(14(11)17)15(22)20-5-4-13-12(7-20)21-9(8-23-13)6-18-19-21/h1-3,6,12-13H,4-5,7-8H2/t12-,13-/m1/s1. The van der Waals surface area contributed by atoms with Gasteiger partial charge in [-0.25, -0.2) is 4.68 Å². The lowest BCUT2D eigenvalue weighted by Gasteiger charge is -2.41. The summed E-state index contributed by atoms with van der Waals surface area (Å²) in [4.78, 5) is 14.6. The number of fused-ring (bicyclic) bond motifs is 3. The molecule has 2 aromatic rings. The van der Waals surface area contributed by atoms with Crippen LogP contribution in [-0.4, -0.2) is 45.0 Å². The van der Waals surface area contributed by atoms with Crippen molar-refractivity contribution in [1.82, 2.24) is 19.9 Å². The number of aromatic nitrogens is 3. The van der Waals surface area contributed by atoms with Crippen LogP contribution in [-0.2, 0) is 11.3 Å². The average Bonchev–Trinajstić information content (AvgIpc) is 3.05. The summed E-state index contributed by atoms with van der Waals surface area (Å²) < 4.78 is 7.73. The Morgan fingerprint density at radius 3 is 3.09 bits per heavy atom. The van der Waals surface area contributed by atoms with Crippen molar-refractivity contribution in [2.24, 2.45) is 0 Å². The van der Waals surface area contributed by atoms with Gasteiger partial charge in [0.15, 0.2) is 0 Å². The van der Waals surface area contributed by atoms with Crippen LogP contribution in [0.1, 0.15) is 28.5 Å². The molecule has 1 saturated heterocycles. The number of likely N-dealkylation sites (tertiary alicyclic amines) is 1. The highest BCUT2D eigenvalue weighted by molar-refractivity contribution is 6.43. The number of carbonyl (C=O) groups is 1. The molecular weight excluding hydrogens is 339 g/mol. The molecule has 2 atom stereocenters. The fourth-order valence-electron chi connectivity index (χ4n) is 3.20. The first-order valence-corrected chi connectivity index (χ1v) is 8.14. The second-order valence-corrected chi connectivity index (χ2v) is 6.51. The summed E-state index contributed by atoms with van der Waals surface area (Å²) in [6.07, 6.45) is 2.52. The Labute approximate surface area is 142 Å². The minimum atomic E-state index is -0.122. The molecule has 0 saturated carbocycles. The largest absolute Gasteiger partial charge is 0.370 e. The van der Waals surface area contributed by atoms with Crippen molar-refractivity contribution in [2.75, 3.05) is 13.1 Å². The Balaban J connectivity index is 1.60. The first-order valence-electron chi connectivity index (χ1n) is 7.39. The number of rotatable bonds is 1. The molecule has 1 amide bonds. The van der Waals surface area contributed by atoms with Crippen LogP contribution in [0.2, 0.25) is 10.0 Å². The average molecular weight is 353 g/mol. The van der Waals surface area contributed by atoms with Crippen molar-refractivity contribution in [3.8, 4) is 0 Å². The van der Waals surface area contributed by atoms with Gasteiger partial charge in [0.25, 0.3) is 5.91 Å². The van der Waals surface area contributed by atoms with Crippen LogP contribution in [0.5, 0.6) is 0 Å². The molecule has 0 aliphatic carbocycles. The molecule has 0 spiro atoms. The van der Waals surface area contributed by atoms with Crippen molar-refractivity contribution in [1.29, 1.82) is 0 Å². The van der Waals surface area contributed by atoms with Gasteiger partial charge in [-0.05, 0) is 18.6 Å². The molecule has 120 valence electrons. The van der Waals surface area contributed by atoms with Crippen molar-refractivity contribution in [3.63, 3.8) is 0 Å². The van der Waals surface area contributed by atoms with Gasteiger partial charge in [-0.3, -0.25) is 4.79 Å². The highest BCUT2D eigenvalue weighted by Gasteiger charge is 2.38. The lowest BCUT2D eigenvalue weighted by Crippen LogP contribution is -2.50. The van der Waals surface area contributed by atoms with Gasteiger partial charge < -0.3 is 9.64 Å². The van der Waals surface area contributed by atoms with E-state index in [1.165, 1.54) is 0 Å². The summed E-state index contributed by atoms with van der Waals surface area (Å²) >= 11 is 12.2. The van der Waals surface area contributed by atoms with Crippen molar-refractivity contribution < 1.29 is 9.53 Å². The lowest BCUT2D eigenvalue weighted by molar-refractivity contribution is -0.0605. The predicted octanol–water partition coefficient (Wildman–Crippen LogP) is 2.57. The molecular formula is C15H14Cl2N4O2. The van der Waals surface area contributed by atoms with E-state index in [0.29, 0.717) is 35.3 Å². The summed E-state index contributed by atoms with van der Waals surface area (Å²) in [7, 11) is 0. The van der Waals surface area contributed by atoms with Crippen LogP contribution < -0.4 is 0 Å². The molecule has 4 rings (SSSR count). The number of hydrogen-bond donors (Lipinski definition) is 0. The minimum Gasteiger partial charge on any atom is -0.370 e. The third-order valence-electron chi connectivity index (χ3n) is 4.40. The number of halogens is 2. The number of hydrogen-bond acceptors (Lipinski definition) is 4. The fraction of sp³-hybridized carbons (Fsp3) is 0.400. The molecule has 1 fully saturated rings. The third-order valence-corrected chi connectivity index (χ3v) is 5.22. The molecule has 2 aliphatic rings. The molecule has 0 unspecified atom stereocenters. The zero-order chi connectivity index (χ0) is 16.0. The van der Waals surface area contributed by atoms with E-state index in [0.717, 1.165) is 12.1 Å². The summed E-state index contributed by atoms with van der Waals surface area (Å²) in [6.45, 7) is 1.65. The number of carbonyl (C=O) groups excluding carboxylic acids is 1. The van der Waals surface area contributed by atoms with Gasteiger partial charge in [0.1, 0.15) is 0 Å². The maximum absolute atomic E-state index is 12.8. The van der Waals surface area contributed by atoms with E-state index in [9.17, 15) is 4.79 Å².